The molecule has 156 valence electrons. The number of hydrogen-bond acceptors (Lipinski definition) is 5. The molecule has 3 rings (SSSR count). The third kappa shape index (κ3) is 4.92. The van der Waals surface area contributed by atoms with Crippen molar-refractivity contribution in [3.8, 4) is 0 Å². The van der Waals surface area contributed by atoms with Gasteiger partial charge in [0, 0.05) is 37.3 Å². The van der Waals surface area contributed by atoms with Gasteiger partial charge < -0.3 is 10.1 Å². The molecule has 1 aliphatic heterocycles. The second kappa shape index (κ2) is 8.49. The van der Waals surface area contributed by atoms with Crippen LogP contribution in [0.3, 0.4) is 0 Å². The molecule has 1 amide bonds. The van der Waals surface area contributed by atoms with Crippen LogP contribution in [-0.2, 0) is 14.8 Å². The van der Waals surface area contributed by atoms with Crippen LogP contribution in [0.4, 0.5) is 0 Å². The van der Waals surface area contributed by atoms with Crippen molar-refractivity contribution in [1.29, 1.82) is 0 Å². The molecule has 2 fully saturated rings. The van der Waals surface area contributed by atoms with Gasteiger partial charge in [-0.2, -0.15) is 4.31 Å². The standard InChI is InChI=1S/C20H31N3O4S/c1-14(22(4)18-7-8-18)11-21-20(24)17-5-9-19(10-6-17)28(25,26)23-12-15(2)27-16(3)13-23/h5-6,9-10,14-16,18H,7-8,11-13H2,1-4H3,(H,21,24). The van der Waals surface area contributed by atoms with Crippen molar-refractivity contribution in [2.75, 3.05) is 26.7 Å². The van der Waals surface area contributed by atoms with Gasteiger partial charge in [0.25, 0.3) is 5.91 Å². The lowest BCUT2D eigenvalue weighted by Gasteiger charge is -2.34. The number of likely N-dealkylation sites (N-methyl/N-ethyl adjacent to an activating group) is 1. The first-order valence-electron chi connectivity index (χ1n) is 9.94. The molecule has 1 N–H and O–H groups in total. The van der Waals surface area contributed by atoms with Gasteiger partial charge in [0.2, 0.25) is 10.0 Å². The second-order valence-electron chi connectivity index (χ2n) is 8.06. The molecule has 1 aliphatic carbocycles. The van der Waals surface area contributed by atoms with E-state index in [0.717, 1.165) is 0 Å². The van der Waals surface area contributed by atoms with Crippen LogP contribution in [0.15, 0.2) is 29.2 Å². The molecular weight excluding hydrogens is 378 g/mol. The molecule has 1 heterocycles. The number of rotatable bonds is 7. The number of amides is 1. The highest BCUT2D eigenvalue weighted by Gasteiger charge is 2.32. The molecule has 0 spiro atoms. The van der Waals surface area contributed by atoms with Crippen LogP contribution in [-0.4, -0.2) is 74.5 Å². The third-order valence-electron chi connectivity index (χ3n) is 5.52. The molecule has 1 saturated carbocycles. The van der Waals surface area contributed by atoms with Crippen molar-refractivity contribution in [2.45, 2.75) is 62.8 Å². The summed E-state index contributed by atoms with van der Waals surface area (Å²) in [4.78, 5) is 14.9. The Kier molecular flexibility index (Phi) is 6.44. The fourth-order valence-corrected chi connectivity index (χ4v) is 5.17. The fraction of sp³-hybridized carbons (Fsp3) is 0.650. The molecule has 0 aromatic heterocycles. The first kappa shape index (κ1) is 21.2. The Bertz CT molecular complexity index is 782. The van der Waals surface area contributed by atoms with Gasteiger partial charge >= 0.3 is 0 Å². The monoisotopic (exact) mass is 409 g/mol. The Balaban J connectivity index is 1.61. The van der Waals surface area contributed by atoms with Gasteiger partial charge in [-0.1, -0.05) is 0 Å². The average molecular weight is 410 g/mol. The number of nitrogens with zero attached hydrogens (tertiary/aromatic N) is 2. The number of sulfonamides is 1. The largest absolute Gasteiger partial charge is 0.373 e. The van der Waals surface area contributed by atoms with Gasteiger partial charge in [0.05, 0.1) is 17.1 Å². The van der Waals surface area contributed by atoms with Crippen LogP contribution < -0.4 is 5.32 Å². The summed E-state index contributed by atoms with van der Waals surface area (Å²) in [7, 11) is -1.51. The number of ether oxygens (including phenoxy) is 1. The molecule has 2 aliphatic rings. The maximum absolute atomic E-state index is 12.9. The van der Waals surface area contributed by atoms with Crippen molar-refractivity contribution >= 4 is 15.9 Å². The fourth-order valence-electron chi connectivity index (χ4n) is 3.58. The summed E-state index contributed by atoms with van der Waals surface area (Å²) in [5.41, 5.74) is 0.462. The molecule has 0 bridgehead atoms. The Labute approximate surface area is 168 Å². The van der Waals surface area contributed by atoms with Gasteiger partial charge in [-0.05, 0) is 64.9 Å². The van der Waals surface area contributed by atoms with E-state index in [-0.39, 0.29) is 29.1 Å². The predicted molar refractivity (Wildman–Crippen MR) is 108 cm³/mol. The van der Waals surface area contributed by atoms with E-state index in [9.17, 15) is 13.2 Å². The number of nitrogens with one attached hydrogen (secondary N) is 1. The maximum atomic E-state index is 12.9. The van der Waals surface area contributed by atoms with Crippen molar-refractivity contribution in [1.82, 2.24) is 14.5 Å². The zero-order chi connectivity index (χ0) is 20.5. The lowest BCUT2D eigenvalue weighted by Crippen LogP contribution is -2.48. The number of benzene rings is 1. The first-order valence-corrected chi connectivity index (χ1v) is 11.4. The molecular formula is C20H31N3O4S. The molecule has 3 unspecified atom stereocenters. The van der Waals surface area contributed by atoms with Gasteiger partial charge in [-0.3, -0.25) is 9.69 Å². The van der Waals surface area contributed by atoms with E-state index in [1.54, 1.807) is 12.1 Å². The highest BCUT2D eigenvalue weighted by molar-refractivity contribution is 7.89. The van der Waals surface area contributed by atoms with Crippen LogP contribution in [0.1, 0.15) is 44.0 Å². The normalized spacial score (nSPS) is 24.9. The number of carbonyl (C=O) groups excluding carboxylic acids is 1. The molecule has 1 aromatic rings. The second-order valence-corrected chi connectivity index (χ2v) is 10.00. The Morgan fingerprint density at radius 3 is 2.32 bits per heavy atom. The third-order valence-corrected chi connectivity index (χ3v) is 7.36. The van der Waals surface area contributed by atoms with E-state index in [1.165, 1.54) is 29.3 Å². The minimum Gasteiger partial charge on any atom is -0.373 e. The summed E-state index contributed by atoms with van der Waals surface area (Å²) in [5, 5.41) is 2.94. The smallest absolute Gasteiger partial charge is 0.251 e. The van der Waals surface area contributed by atoms with Crippen LogP contribution in [0.2, 0.25) is 0 Å². The summed E-state index contributed by atoms with van der Waals surface area (Å²) in [6.07, 6.45) is 2.18. The van der Waals surface area contributed by atoms with E-state index < -0.39 is 10.0 Å². The summed E-state index contributed by atoms with van der Waals surface area (Å²) < 4.78 is 32.8. The molecule has 1 saturated heterocycles. The quantitative estimate of drug-likeness (QED) is 0.742. The Morgan fingerprint density at radius 2 is 1.79 bits per heavy atom. The van der Waals surface area contributed by atoms with Gasteiger partial charge in [-0.15, -0.1) is 0 Å². The lowest BCUT2D eigenvalue weighted by atomic mass is 10.2. The molecule has 8 heteroatoms. The van der Waals surface area contributed by atoms with Gasteiger partial charge in [-0.25, -0.2) is 8.42 Å². The Morgan fingerprint density at radius 1 is 1.21 bits per heavy atom. The van der Waals surface area contributed by atoms with Crippen molar-refractivity contribution in [3.63, 3.8) is 0 Å². The van der Waals surface area contributed by atoms with E-state index in [2.05, 4.69) is 24.2 Å². The zero-order valence-corrected chi connectivity index (χ0v) is 17.9. The molecule has 28 heavy (non-hydrogen) atoms. The van der Waals surface area contributed by atoms with Crippen LogP contribution >= 0.6 is 0 Å². The zero-order valence-electron chi connectivity index (χ0n) is 17.1. The molecule has 1 aromatic carbocycles. The number of carbonyl (C=O) groups is 1. The van der Waals surface area contributed by atoms with E-state index in [0.29, 0.717) is 31.2 Å². The predicted octanol–water partition coefficient (Wildman–Crippen LogP) is 1.70. The summed E-state index contributed by atoms with van der Waals surface area (Å²) in [6.45, 7) is 7.07. The minimum atomic E-state index is -3.59. The first-order chi connectivity index (χ1) is 13.2. The van der Waals surface area contributed by atoms with Crippen molar-refractivity contribution in [3.05, 3.63) is 29.8 Å². The van der Waals surface area contributed by atoms with Gasteiger partial charge in [0.15, 0.2) is 0 Å². The summed E-state index contributed by atoms with van der Waals surface area (Å²) in [5.74, 6) is -0.186. The Hall–Kier alpha value is -1.48. The number of hydrogen-bond donors (Lipinski definition) is 1. The summed E-state index contributed by atoms with van der Waals surface area (Å²) in [6, 6.07) is 7.07. The lowest BCUT2D eigenvalue weighted by molar-refractivity contribution is -0.0440. The maximum Gasteiger partial charge on any atom is 0.251 e. The minimum absolute atomic E-state index is 0.140. The SMILES string of the molecule is CC1CN(S(=O)(=O)c2ccc(C(=O)NCC(C)N(C)C3CC3)cc2)CC(C)O1. The topological polar surface area (TPSA) is 79.0 Å². The average Bonchev–Trinajstić information content (AvgIpc) is 3.49. The highest BCUT2D eigenvalue weighted by atomic mass is 32.2. The van der Waals surface area contributed by atoms with Crippen LogP contribution in [0.5, 0.6) is 0 Å². The summed E-state index contributed by atoms with van der Waals surface area (Å²) >= 11 is 0. The molecule has 3 atom stereocenters. The van der Waals surface area contributed by atoms with Gasteiger partial charge in [0.1, 0.15) is 0 Å². The van der Waals surface area contributed by atoms with Crippen LogP contribution in [0.25, 0.3) is 0 Å². The van der Waals surface area contributed by atoms with E-state index in [1.807, 2.05) is 13.8 Å². The van der Waals surface area contributed by atoms with E-state index >= 15 is 0 Å². The van der Waals surface area contributed by atoms with Crippen molar-refractivity contribution < 1.29 is 17.9 Å². The highest BCUT2D eigenvalue weighted by Crippen LogP contribution is 2.26. The van der Waals surface area contributed by atoms with Crippen molar-refractivity contribution in [2.24, 2.45) is 0 Å². The molecule has 7 nitrogen and oxygen atoms in total. The van der Waals surface area contributed by atoms with Crippen LogP contribution in [0, 0.1) is 0 Å². The number of morpholine rings is 1. The van der Waals surface area contributed by atoms with E-state index in [4.69, 9.17) is 4.74 Å². The molecule has 0 radical (unpaired) electrons.